The zero-order chi connectivity index (χ0) is 12.3. The Morgan fingerprint density at radius 3 is 2.41 bits per heavy atom. The fraction of sp³-hybridized carbons (Fsp3) is 0.636. The van der Waals surface area contributed by atoms with Crippen molar-refractivity contribution >= 4 is 0 Å². The largest absolute Gasteiger partial charge is 0.434 e. The summed E-state index contributed by atoms with van der Waals surface area (Å²) in [4.78, 5) is 7.25. The summed E-state index contributed by atoms with van der Waals surface area (Å²) in [5, 5.41) is 3.24. The highest BCUT2D eigenvalue weighted by Crippen LogP contribution is 2.26. The van der Waals surface area contributed by atoms with Crippen LogP contribution < -0.4 is 5.32 Å². The van der Waals surface area contributed by atoms with Crippen molar-refractivity contribution in [2.24, 2.45) is 5.92 Å². The molecule has 0 spiro atoms. The molecule has 1 aromatic rings. The van der Waals surface area contributed by atoms with Crippen molar-refractivity contribution in [3.8, 4) is 0 Å². The van der Waals surface area contributed by atoms with E-state index in [9.17, 15) is 13.2 Å². The fourth-order valence-electron chi connectivity index (χ4n) is 1.99. The molecule has 2 rings (SSSR count). The van der Waals surface area contributed by atoms with Crippen LogP contribution in [-0.4, -0.2) is 23.1 Å². The van der Waals surface area contributed by atoms with Gasteiger partial charge >= 0.3 is 6.18 Å². The van der Waals surface area contributed by atoms with E-state index in [4.69, 9.17) is 0 Å². The van der Waals surface area contributed by atoms with E-state index in [2.05, 4.69) is 15.3 Å². The van der Waals surface area contributed by atoms with Crippen molar-refractivity contribution in [1.29, 1.82) is 0 Å². The zero-order valence-corrected chi connectivity index (χ0v) is 9.30. The van der Waals surface area contributed by atoms with Crippen molar-refractivity contribution < 1.29 is 13.2 Å². The van der Waals surface area contributed by atoms with Gasteiger partial charge in [-0.25, -0.2) is 4.98 Å². The highest BCUT2D eigenvalue weighted by Gasteiger charge is 2.32. The van der Waals surface area contributed by atoms with E-state index in [0.29, 0.717) is 18.0 Å². The summed E-state index contributed by atoms with van der Waals surface area (Å²) in [6, 6.07) is 0. The van der Waals surface area contributed by atoms with Gasteiger partial charge in [0.15, 0.2) is 5.69 Å². The zero-order valence-electron chi connectivity index (χ0n) is 9.30. The van der Waals surface area contributed by atoms with Crippen molar-refractivity contribution in [1.82, 2.24) is 15.3 Å². The summed E-state index contributed by atoms with van der Waals surface area (Å²) < 4.78 is 36.8. The molecule has 0 saturated carbocycles. The SMILES string of the molecule is FC(F)(F)c1cnc(CC2CCNCC2)cn1. The number of rotatable bonds is 2. The average molecular weight is 245 g/mol. The third-order valence-electron chi connectivity index (χ3n) is 2.95. The monoisotopic (exact) mass is 245 g/mol. The van der Waals surface area contributed by atoms with Crippen LogP contribution in [0.2, 0.25) is 0 Å². The lowest BCUT2D eigenvalue weighted by atomic mass is 9.93. The number of nitrogens with one attached hydrogen (secondary N) is 1. The number of piperidine rings is 1. The molecule has 1 aliphatic rings. The Morgan fingerprint density at radius 2 is 1.88 bits per heavy atom. The first-order valence-electron chi connectivity index (χ1n) is 5.64. The molecule has 3 nitrogen and oxygen atoms in total. The molecule has 0 bridgehead atoms. The molecule has 1 N–H and O–H groups in total. The first kappa shape index (κ1) is 12.3. The van der Waals surface area contributed by atoms with Gasteiger partial charge in [0.05, 0.1) is 11.9 Å². The first-order valence-corrected chi connectivity index (χ1v) is 5.64. The van der Waals surface area contributed by atoms with Crippen LogP contribution in [0.4, 0.5) is 13.2 Å². The summed E-state index contributed by atoms with van der Waals surface area (Å²) in [5.74, 6) is 0.502. The number of alkyl halides is 3. The maximum atomic E-state index is 12.3. The van der Waals surface area contributed by atoms with Gasteiger partial charge in [-0.3, -0.25) is 4.98 Å². The molecule has 0 aliphatic carbocycles. The van der Waals surface area contributed by atoms with E-state index in [1.807, 2.05) is 0 Å². The normalized spacial score (nSPS) is 18.3. The van der Waals surface area contributed by atoms with Crippen LogP contribution in [0.5, 0.6) is 0 Å². The highest BCUT2D eigenvalue weighted by molar-refractivity contribution is 5.06. The van der Waals surface area contributed by atoms with E-state index in [-0.39, 0.29) is 0 Å². The Bertz CT molecular complexity index is 355. The molecule has 0 unspecified atom stereocenters. The summed E-state index contributed by atoms with van der Waals surface area (Å²) in [6.07, 6.45) is 0.458. The number of nitrogens with zero attached hydrogens (tertiary/aromatic N) is 2. The molecule has 1 aliphatic heterocycles. The van der Waals surface area contributed by atoms with E-state index in [0.717, 1.165) is 32.1 Å². The second-order valence-electron chi connectivity index (χ2n) is 4.29. The van der Waals surface area contributed by atoms with Gasteiger partial charge in [-0.1, -0.05) is 0 Å². The van der Waals surface area contributed by atoms with Gasteiger partial charge in [-0.05, 0) is 38.3 Å². The Hall–Kier alpha value is -1.17. The van der Waals surface area contributed by atoms with Gasteiger partial charge in [-0.2, -0.15) is 13.2 Å². The average Bonchev–Trinajstić information content (AvgIpc) is 2.30. The Balaban J connectivity index is 1.98. The number of aromatic nitrogens is 2. The van der Waals surface area contributed by atoms with Crippen LogP contribution >= 0.6 is 0 Å². The Kier molecular flexibility index (Phi) is 3.61. The van der Waals surface area contributed by atoms with Crippen LogP contribution in [0.1, 0.15) is 24.2 Å². The molecule has 1 fully saturated rings. The van der Waals surface area contributed by atoms with E-state index < -0.39 is 11.9 Å². The van der Waals surface area contributed by atoms with Crippen molar-refractivity contribution in [2.45, 2.75) is 25.4 Å². The topological polar surface area (TPSA) is 37.8 Å². The van der Waals surface area contributed by atoms with Crippen LogP contribution in [0.3, 0.4) is 0 Å². The summed E-state index contributed by atoms with van der Waals surface area (Å²) in [5.41, 5.74) is -0.281. The van der Waals surface area contributed by atoms with Crippen LogP contribution in [-0.2, 0) is 12.6 Å². The van der Waals surface area contributed by atoms with Crippen LogP contribution in [0, 0.1) is 5.92 Å². The Labute approximate surface area is 97.5 Å². The number of halogens is 3. The molecule has 2 heterocycles. The van der Waals surface area contributed by atoms with E-state index in [1.54, 1.807) is 0 Å². The summed E-state index contributed by atoms with van der Waals surface area (Å²) in [6.45, 7) is 1.94. The molecule has 0 amide bonds. The molecule has 6 heteroatoms. The minimum atomic E-state index is -4.40. The standard InChI is InChI=1S/C11H14F3N3/c12-11(13,14)10-7-16-9(6-17-10)5-8-1-3-15-4-2-8/h6-8,15H,1-5H2. The smallest absolute Gasteiger partial charge is 0.317 e. The summed E-state index contributed by atoms with van der Waals surface area (Å²) in [7, 11) is 0. The van der Waals surface area contributed by atoms with Gasteiger partial charge in [0, 0.05) is 6.20 Å². The molecular formula is C11H14F3N3. The van der Waals surface area contributed by atoms with Crippen LogP contribution in [0.15, 0.2) is 12.4 Å². The highest BCUT2D eigenvalue weighted by atomic mass is 19.4. The van der Waals surface area contributed by atoms with E-state index in [1.165, 1.54) is 6.20 Å². The second-order valence-corrected chi connectivity index (χ2v) is 4.29. The lowest BCUT2D eigenvalue weighted by Crippen LogP contribution is -2.28. The van der Waals surface area contributed by atoms with Gasteiger partial charge in [-0.15, -0.1) is 0 Å². The fourth-order valence-corrected chi connectivity index (χ4v) is 1.99. The van der Waals surface area contributed by atoms with Crippen molar-refractivity contribution in [3.05, 3.63) is 23.8 Å². The predicted octanol–water partition coefficient (Wildman–Crippen LogP) is 2.04. The Morgan fingerprint density at radius 1 is 1.18 bits per heavy atom. The van der Waals surface area contributed by atoms with Crippen molar-refractivity contribution in [3.63, 3.8) is 0 Å². The molecule has 0 aromatic carbocycles. The molecule has 0 atom stereocenters. The molecule has 94 valence electrons. The lowest BCUT2D eigenvalue weighted by Gasteiger charge is -2.21. The number of hydrogen-bond donors (Lipinski definition) is 1. The molecule has 1 saturated heterocycles. The van der Waals surface area contributed by atoms with Gasteiger partial charge in [0.2, 0.25) is 0 Å². The molecular weight excluding hydrogens is 231 g/mol. The van der Waals surface area contributed by atoms with Crippen molar-refractivity contribution in [2.75, 3.05) is 13.1 Å². The van der Waals surface area contributed by atoms with E-state index >= 15 is 0 Å². The van der Waals surface area contributed by atoms with Gasteiger partial charge in [0.1, 0.15) is 0 Å². The quantitative estimate of drug-likeness (QED) is 0.866. The maximum absolute atomic E-state index is 12.3. The predicted molar refractivity (Wildman–Crippen MR) is 56.3 cm³/mol. The third-order valence-corrected chi connectivity index (χ3v) is 2.95. The summed E-state index contributed by atoms with van der Waals surface area (Å²) >= 11 is 0. The molecule has 1 aromatic heterocycles. The second kappa shape index (κ2) is 5.00. The lowest BCUT2D eigenvalue weighted by molar-refractivity contribution is -0.141. The van der Waals surface area contributed by atoms with Gasteiger partial charge < -0.3 is 5.32 Å². The number of hydrogen-bond acceptors (Lipinski definition) is 3. The van der Waals surface area contributed by atoms with Crippen LogP contribution in [0.25, 0.3) is 0 Å². The third kappa shape index (κ3) is 3.39. The minimum absolute atomic E-state index is 0.502. The molecule has 17 heavy (non-hydrogen) atoms. The minimum Gasteiger partial charge on any atom is -0.317 e. The van der Waals surface area contributed by atoms with Gasteiger partial charge in [0.25, 0.3) is 0 Å². The maximum Gasteiger partial charge on any atom is 0.434 e. The first-order chi connectivity index (χ1) is 8.05. The molecule has 0 radical (unpaired) electrons.